The summed E-state index contributed by atoms with van der Waals surface area (Å²) in [4.78, 5) is 24.6. The second kappa shape index (κ2) is 6.32. The van der Waals surface area contributed by atoms with Gasteiger partial charge in [0.15, 0.2) is 0 Å². The molecule has 6 heteroatoms. The Morgan fingerprint density at radius 3 is 2.74 bits per heavy atom. The average molecular weight is 314 g/mol. The summed E-state index contributed by atoms with van der Waals surface area (Å²) in [5.41, 5.74) is 0.994. The second-order valence-corrected chi connectivity index (χ2v) is 5.73. The molecule has 0 N–H and O–H groups in total. The number of hydrogen-bond donors (Lipinski definition) is 0. The summed E-state index contributed by atoms with van der Waals surface area (Å²) < 4.78 is 13.9. The molecule has 0 bridgehead atoms. The lowest BCUT2D eigenvalue weighted by Crippen LogP contribution is -2.54. The molecule has 5 nitrogen and oxygen atoms in total. The summed E-state index contributed by atoms with van der Waals surface area (Å²) in [5, 5.41) is 0. The molecule has 1 saturated heterocycles. The van der Waals surface area contributed by atoms with E-state index in [1.165, 1.54) is 6.07 Å². The summed E-state index contributed by atoms with van der Waals surface area (Å²) in [6.07, 6.45) is 1.59. The molecule has 0 radical (unpaired) electrons. The fourth-order valence-corrected chi connectivity index (χ4v) is 2.91. The van der Waals surface area contributed by atoms with Gasteiger partial charge in [-0.15, -0.1) is 0 Å². The van der Waals surface area contributed by atoms with Crippen LogP contribution in [0.5, 0.6) is 0 Å². The van der Waals surface area contributed by atoms with E-state index in [0.717, 1.165) is 0 Å². The van der Waals surface area contributed by atoms with Crippen molar-refractivity contribution in [2.75, 3.05) is 24.5 Å². The number of piperazine rings is 1. The Kier molecular flexibility index (Phi) is 4.23. The second-order valence-electron chi connectivity index (χ2n) is 5.73. The fraction of sp³-hybridized carbons (Fsp3) is 0.353. The smallest absolute Gasteiger partial charge is 0.272 e. The van der Waals surface area contributed by atoms with Crippen molar-refractivity contribution < 1.29 is 9.18 Å². The minimum atomic E-state index is -0.231. The van der Waals surface area contributed by atoms with Gasteiger partial charge in [-0.1, -0.05) is 12.1 Å². The first kappa shape index (κ1) is 15.4. The number of anilines is 1. The number of rotatable bonds is 2. The molecule has 0 spiro atoms. The highest BCUT2D eigenvalue weighted by atomic mass is 19.1. The predicted octanol–water partition coefficient (Wildman–Crippen LogP) is 2.28. The molecule has 1 aromatic heterocycles. The Morgan fingerprint density at radius 1 is 1.26 bits per heavy atom. The Bertz CT molecular complexity index is 721. The van der Waals surface area contributed by atoms with Gasteiger partial charge in [0.2, 0.25) is 0 Å². The van der Waals surface area contributed by atoms with Gasteiger partial charge >= 0.3 is 0 Å². The highest BCUT2D eigenvalue weighted by Crippen LogP contribution is 2.23. The molecule has 1 atom stereocenters. The normalized spacial score (nSPS) is 18.1. The van der Waals surface area contributed by atoms with Crippen LogP contribution < -0.4 is 4.90 Å². The topological polar surface area (TPSA) is 49.3 Å². The van der Waals surface area contributed by atoms with Crippen molar-refractivity contribution in [1.29, 1.82) is 0 Å². The van der Waals surface area contributed by atoms with E-state index < -0.39 is 0 Å². The maximum Gasteiger partial charge on any atom is 0.272 e. The number of benzene rings is 1. The van der Waals surface area contributed by atoms with E-state index in [9.17, 15) is 9.18 Å². The van der Waals surface area contributed by atoms with Crippen molar-refractivity contribution in [3.8, 4) is 0 Å². The zero-order valence-corrected chi connectivity index (χ0v) is 13.2. The summed E-state index contributed by atoms with van der Waals surface area (Å²) in [6.45, 7) is 5.46. The predicted molar refractivity (Wildman–Crippen MR) is 85.9 cm³/mol. The minimum absolute atomic E-state index is 0.0221. The van der Waals surface area contributed by atoms with Gasteiger partial charge in [0.25, 0.3) is 5.91 Å². The lowest BCUT2D eigenvalue weighted by molar-refractivity contribution is 0.0667. The van der Waals surface area contributed by atoms with Crippen LogP contribution in [-0.4, -0.2) is 46.5 Å². The molecule has 1 aliphatic heterocycles. The van der Waals surface area contributed by atoms with Gasteiger partial charge in [0.05, 0.1) is 5.69 Å². The molecule has 3 rings (SSSR count). The first-order valence-corrected chi connectivity index (χ1v) is 7.66. The summed E-state index contributed by atoms with van der Waals surface area (Å²) in [6, 6.07) is 8.34. The van der Waals surface area contributed by atoms with Crippen molar-refractivity contribution in [3.63, 3.8) is 0 Å². The van der Waals surface area contributed by atoms with Crippen LogP contribution in [0, 0.1) is 12.7 Å². The summed E-state index contributed by atoms with van der Waals surface area (Å²) in [7, 11) is 0. The molecule has 1 aromatic carbocycles. The maximum absolute atomic E-state index is 13.9. The number of aryl methyl sites for hydroxylation is 1. The van der Waals surface area contributed by atoms with Crippen LogP contribution in [0.4, 0.5) is 10.1 Å². The fourth-order valence-electron chi connectivity index (χ4n) is 2.91. The minimum Gasteiger partial charge on any atom is -0.365 e. The molecule has 1 amide bonds. The highest BCUT2D eigenvalue weighted by Gasteiger charge is 2.29. The SMILES string of the molecule is Cc1nccc(C(=O)N2CCN(c3ccccc3F)C[C@@H]2C)n1. The van der Waals surface area contributed by atoms with E-state index in [0.29, 0.717) is 36.8 Å². The maximum atomic E-state index is 13.9. The molecule has 0 saturated carbocycles. The van der Waals surface area contributed by atoms with Crippen LogP contribution in [0.1, 0.15) is 23.2 Å². The molecular formula is C17H19FN4O. The van der Waals surface area contributed by atoms with E-state index >= 15 is 0 Å². The van der Waals surface area contributed by atoms with Crippen molar-refractivity contribution in [1.82, 2.24) is 14.9 Å². The molecule has 2 heterocycles. The Labute approximate surface area is 134 Å². The molecule has 2 aromatic rings. The third-order valence-electron chi connectivity index (χ3n) is 4.08. The summed E-state index contributed by atoms with van der Waals surface area (Å²) >= 11 is 0. The van der Waals surface area contributed by atoms with E-state index in [4.69, 9.17) is 0 Å². The standard InChI is InChI=1S/C17H19FN4O/c1-12-11-21(16-6-4-3-5-14(16)18)9-10-22(12)17(23)15-7-8-19-13(2)20-15/h3-8,12H,9-11H2,1-2H3/t12-/m0/s1. The Balaban J connectivity index is 1.74. The van der Waals surface area contributed by atoms with Crippen LogP contribution in [-0.2, 0) is 0 Å². The third kappa shape index (κ3) is 3.16. The van der Waals surface area contributed by atoms with Gasteiger partial charge < -0.3 is 9.80 Å². The van der Waals surface area contributed by atoms with Crippen LogP contribution in [0.3, 0.4) is 0 Å². The first-order valence-electron chi connectivity index (χ1n) is 7.66. The number of halogens is 1. The number of amides is 1. The number of aromatic nitrogens is 2. The molecule has 23 heavy (non-hydrogen) atoms. The zero-order valence-electron chi connectivity index (χ0n) is 13.2. The van der Waals surface area contributed by atoms with Gasteiger partial charge in [-0.05, 0) is 32.0 Å². The van der Waals surface area contributed by atoms with E-state index in [1.54, 1.807) is 36.2 Å². The van der Waals surface area contributed by atoms with Gasteiger partial charge in [0.1, 0.15) is 17.3 Å². The van der Waals surface area contributed by atoms with Gasteiger partial charge in [-0.3, -0.25) is 4.79 Å². The van der Waals surface area contributed by atoms with Gasteiger partial charge in [-0.25, -0.2) is 14.4 Å². The van der Waals surface area contributed by atoms with E-state index in [2.05, 4.69) is 9.97 Å². The van der Waals surface area contributed by atoms with Crippen LogP contribution in [0.25, 0.3) is 0 Å². The quantitative estimate of drug-likeness (QED) is 0.853. The third-order valence-corrected chi connectivity index (χ3v) is 4.08. The van der Waals surface area contributed by atoms with Crippen molar-refractivity contribution >= 4 is 11.6 Å². The van der Waals surface area contributed by atoms with E-state index in [1.807, 2.05) is 17.9 Å². The molecule has 120 valence electrons. The number of nitrogens with zero attached hydrogens (tertiary/aromatic N) is 4. The Morgan fingerprint density at radius 2 is 2.04 bits per heavy atom. The highest BCUT2D eigenvalue weighted by molar-refractivity contribution is 5.92. The van der Waals surface area contributed by atoms with Crippen molar-refractivity contribution in [2.24, 2.45) is 0 Å². The first-order chi connectivity index (χ1) is 11.1. The molecule has 1 aliphatic rings. The zero-order chi connectivity index (χ0) is 16.4. The molecule has 1 fully saturated rings. The van der Waals surface area contributed by atoms with Gasteiger partial charge in [-0.2, -0.15) is 0 Å². The monoisotopic (exact) mass is 314 g/mol. The molecule has 0 unspecified atom stereocenters. The van der Waals surface area contributed by atoms with Crippen molar-refractivity contribution in [3.05, 3.63) is 53.9 Å². The number of hydrogen-bond acceptors (Lipinski definition) is 4. The Hall–Kier alpha value is -2.50. The van der Waals surface area contributed by atoms with Crippen LogP contribution in [0.15, 0.2) is 36.5 Å². The number of carbonyl (C=O) groups excluding carboxylic acids is 1. The number of carbonyl (C=O) groups is 1. The average Bonchev–Trinajstić information content (AvgIpc) is 2.54. The largest absolute Gasteiger partial charge is 0.365 e. The van der Waals surface area contributed by atoms with Gasteiger partial charge in [0, 0.05) is 31.9 Å². The van der Waals surface area contributed by atoms with Crippen molar-refractivity contribution in [2.45, 2.75) is 19.9 Å². The lowest BCUT2D eigenvalue weighted by Gasteiger charge is -2.40. The lowest BCUT2D eigenvalue weighted by atomic mass is 10.1. The van der Waals surface area contributed by atoms with Crippen LogP contribution in [0.2, 0.25) is 0 Å². The van der Waals surface area contributed by atoms with E-state index in [-0.39, 0.29) is 17.8 Å². The summed E-state index contributed by atoms with van der Waals surface area (Å²) in [5.74, 6) is 0.246. The molecular weight excluding hydrogens is 295 g/mol. The number of para-hydroxylation sites is 1. The van der Waals surface area contributed by atoms with Crippen LogP contribution >= 0.6 is 0 Å². The molecule has 0 aliphatic carbocycles.